The fraction of sp³-hybridized carbons (Fsp3) is 0.304. The van der Waals surface area contributed by atoms with Crippen LogP contribution in [0.5, 0.6) is 0 Å². The van der Waals surface area contributed by atoms with Gasteiger partial charge in [0.15, 0.2) is 6.61 Å². The molecule has 0 saturated carbocycles. The van der Waals surface area contributed by atoms with E-state index in [-0.39, 0.29) is 30.8 Å². The number of hydrogen-bond acceptors (Lipinski definition) is 5. The van der Waals surface area contributed by atoms with Gasteiger partial charge in [-0.1, -0.05) is 30.3 Å². The third-order valence-electron chi connectivity index (χ3n) is 5.24. The van der Waals surface area contributed by atoms with Gasteiger partial charge in [0.05, 0.1) is 12.0 Å². The summed E-state index contributed by atoms with van der Waals surface area (Å²) in [4.78, 5) is 50.1. The van der Waals surface area contributed by atoms with E-state index in [0.29, 0.717) is 11.3 Å². The molecule has 3 rings (SSSR count). The summed E-state index contributed by atoms with van der Waals surface area (Å²) >= 11 is 0. The molecule has 1 aliphatic rings. The van der Waals surface area contributed by atoms with Gasteiger partial charge in [-0.25, -0.2) is 0 Å². The maximum Gasteiger partial charge on any atom is 0.311 e. The first-order valence-electron chi connectivity index (χ1n) is 10.0. The summed E-state index contributed by atoms with van der Waals surface area (Å²) in [7, 11) is 1.53. The fourth-order valence-electron chi connectivity index (χ4n) is 3.48. The van der Waals surface area contributed by atoms with Crippen molar-refractivity contribution >= 4 is 29.4 Å². The lowest BCUT2D eigenvalue weighted by atomic mass is 10.1. The summed E-state index contributed by atoms with van der Waals surface area (Å²) in [6.07, 6.45) is 0.0680. The summed E-state index contributed by atoms with van der Waals surface area (Å²) < 4.78 is 5.13. The van der Waals surface area contributed by atoms with E-state index in [9.17, 15) is 19.2 Å². The van der Waals surface area contributed by atoms with E-state index in [2.05, 4.69) is 10.6 Å². The Morgan fingerprint density at radius 2 is 1.77 bits per heavy atom. The molecule has 2 atom stereocenters. The molecule has 1 aliphatic heterocycles. The van der Waals surface area contributed by atoms with Gasteiger partial charge >= 0.3 is 5.97 Å². The second-order valence-corrected chi connectivity index (χ2v) is 7.35. The Hall–Kier alpha value is -3.68. The third-order valence-corrected chi connectivity index (χ3v) is 5.24. The average Bonchev–Trinajstić information content (AvgIpc) is 3.19. The lowest BCUT2D eigenvalue weighted by Gasteiger charge is -2.25. The van der Waals surface area contributed by atoms with Gasteiger partial charge < -0.3 is 20.3 Å². The Kier molecular flexibility index (Phi) is 7.02. The first-order valence-corrected chi connectivity index (χ1v) is 10.0. The summed E-state index contributed by atoms with van der Waals surface area (Å²) in [5.41, 5.74) is 1.94. The van der Waals surface area contributed by atoms with Gasteiger partial charge in [0.1, 0.15) is 0 Å². The lowest BCUT2D eigenvalue weighted by molar-refractivity contribution is -0.151. The predicted molar refractivity (Wildman–Crippen MR) is 114 cm³/mol. The fourth-order valence-corrected chi connectivity index (χ4v) is 3.48. The summed E-state index contributed by atoms with van der Waals surface area (Å²) in [5, 5.41) is 5.12. The predicted octanol–water partition coefficient (Wildman–Crippen LogP) is 2.14. The van der Waals surface area contributed by atoms with Gasteiger partial charge in [0.25, 0.3) is 11.8 Å². The van der Waals surface area contributed by atoms with Crippen LogP contribution in [0, 0.1) is 5.92 Å². The summed E-state index contributed by atoms with van der Waals surface area (Å²) in [6, 6.07) is 15.8. The standard InChI is InChI=1S/C23H25N3O5/c1-15(16-6-4-3-5-7-16)26-13-18(12-21(26)28)23(30)31-14-20(27)25-19-10-8-17(9-11-19)22(29)24-2/h3-11,15,18H,12-14H2,1-2H3,(H,24,29)(H,25,27)/t15-,18+/m1/s1. The molecule has 0 radical (unpaired) electrons. The van der Waals surface area contributed by atoms with Crippen molar-refractivity contribution in [2.75, 3.05) is 25.5 Å². The van der Waals surface area contributed by atoms with Crippen molar-refractivity contribution in [2.45, 2.75) is 19.4 Å². The number of benzene rings is 2. The molecule has 0 aromatic heterocycles. The molecule has 1 saturated heterocycles. The van der Waals surface area contributed by atoms with E-state index in [1.807, 2.05) is 37.3 Å². The number of anilines is 1. The minimum Gasteiger partial charge on any atom is -0.455 e. The van der Waals surface area contributed by atoms with Crippen LogP contribution in [-0.2, 0) is 19.1 Å². The molecule has 8 nitrogen and oxygen atoms in total. The Bertz CT molecular complexity index is 959. The molecule has 0 aliphatic carbocycles. The van der Waals surface area contributed by atoms with Crippen molar-refractivity contribution in [1.82, 2.24) is 10.2 Å². The maximum atomic E-state index is 12.4. The van der Waals surface area contributed by atoms with Gasteiger partial charge in [0.2, 0.25) is 5.91 Å². The Morgan fingerprint density at radius 3 is 2.42 bits per heavy atom. The monoisotopic (exact) mass is 423 g/mol. The first kappa shape index (κ1) is 22.0. The molecule has 0 bridgehead atoms. The normalized spacial score (nSPS) is 16.5. The zero-order chi connectivity index (χ0) is 22.4. The molecule has 0 unspecified atom stereocenters. The van der Waals surface area contributed by atoms with Crippen LogP contribution >= 0.6 is 0 Å². The Balaban J connectivity index is 1.48. The van der Waals surface area contributed by atoms with Crippen LogP contribution in [0.4, 0.5) is 5.69 Å². The molecule has 1 fully saturated rings. The van der Waals surface area contributed by atoms with Crippen molar-refractivity contribution in [2.24, 2.45) is 5.92 Å². The second-order valence-electron chi connectivity index (χ2n) is 7.35. The number of ether oxygens (including phenoxy) is 1. The van der Waals surface area contributed by atoms with Crippen LogP contribution in [0.2, 0.25) is 0 Å². The smallest absolute Gasteiger partial charge is 0.311 e. The highest BCUT2D eigenvalue weighted by Crippen LogP contribution is 2.29. The molecular weight excluding hydrogens is 398 g/mol. The molecule has 8 heteroatoms. The topological polar surface area (TPSA) is 105 Å². The minimum atomic E-state index is -0.599. The zero-order valence-corrected chi connectivity index (χ0v) is 17.5. The van der Waals surface area contributed by atoms with Crippen LogP contribution in [0.25, 0.3) is 0 Å². The van der Waals surface area contributed by atoms with E-state index in [1.54, 1.807) is 29.2 Å². The molecule has 2 aromatic rings. The van der Waals surface area contributed by atoms with Gasteiger partial charge in [-0.2, -0.15) is 0 Å². The molecule has 2 N–H and O–H groups in total. The summed E-state index contributed by atoms with van der Waals surface area (Å²) in [5.74, 6) is -2.01. The number of amides is 3. The third kappa shape index (κ3) is 5.48. The second kappa shape index (κ2) is 9.88. The van der Waals surface area contributed by atoms with Crippen molar-refractivity contribution in [3.05, 3.63) is 65.7 Å². The molecular formula is C23H25N3O5. The van der Waals surface area contributed by atoms with E-state index >= 15 is 0 Å². The SMILES string of the molecule is CNC(=O)c1ccc(NC(=O)COC(=O)[C@H]2CC(=O)N([C@H](C)c3ccccc3)C2)cc1. The van der Waals surface area contributed by atoms with Crippen molar-refractivity contribution < 1.29 is 23.9 Å². The Morgan fingerprint density at radius 1 is 1.10 bits per heavy atom. The molecule has 31 heavy (non-hydrogen) atoms. The van der Waals surface area contributed by atoms with Crippen LogP contribution in [-0.4, -0.2) is 48.8 Å². The van der Waals surface area contributed by atoms with Gasteiger partial charge in [0, 0.05) is 31.3 Å². The number of esters is 1. The van der Waals surface area contributed by atoms with Crippen molar-refractivity contribution in [1.29, 1.82) is 0 Å². The number of carbonyl (C=O) groups is 4. The molecule has 1 heterocycles. The average molecular weight is 423 g/mol. The van der Waals surface area contributed by atoms with E-state index < -0.39 is 24.4 Å². The highest BCUT2D eigenvalue weighted by atomic mass is 16.5. The minimum absolute atomic E-state index is 0.0680. The number of likely N-dealkylation sites (tertiary alicyclic amines) is 1. The first-order chi connectivity index (χ1) is 14.9. The highest BCUT2D eigenvalue weighted by Gasteiger charge is 2.38. The number of nitrogens with zero attached hydrogens (tertiary/aromatic N) is 1. The lowest BCUT2D eigenvalue weighted by Crippen LogP contribution is -2.30. The molecule has 2 aromatic carbocycles. The maximum absolute atomic E-state index is 12.4. The van der Waals surface area contributed by atoms with Crippen LogP contribution < -0.4 is 10.6 Å². The zero-order valence-electron chi connectivity index (χ0n) is 17.5. The number of nitrogens with one attached hydrogen (secondary N) is 2. The van der Waals surface area contributed by atoms with Crippen LogP contribution in [0.15, 0.2) is 54.6 Å². The van der Waals surface area contributed by atoms with Gasteiger partial charge in [-0.3, -0.25) is 19.2 Å². The molecule has 3 amide bonds. The quantitative estimate of drug-likeness (QED) is 0.664. The van der Waals surface area contributed by atoms with Crippen LogP contribution in [0.1, 0.15) is 35.3 Å². The van der Waals surface area contributed by atoms with E-state index in [1.165, 1.54) is 7.05 Å². The van der Waals surface area contributed by atoms with E-state index in [0.717, 1.165) is 5.56 Å². The van der Waals surface area contributed by atoms with Crippen LogP contribution in [0.3, 0.4) is 0 Å². The molecule has 162 valence electrons. The highest BCUT2D eigenvalue weighted by molar-refractivity contribution is 5.96. The Labute approximate surface area is 180 Å². The van der Waals surface area contributed by atoms with Crippen molar-refractivity contribution in [3.63, 3.8) is 0 Å². The molecule has 0 spiro atoms. The largest absolute Gasteiger partial charge is 0.455 e. The van der Waals surface area contributed by atoms with Crippen molar-refractivity contribution in [3.8, 4) is 0 Å². The van der Waals surface area contributed by atoms with Gasteiger partial charge in [-0.05, 0) is 36.8 Å². The number of carbonyl (C=O) groups excluding carboxylic acids is 4. The number of rotatable bonds is 7. The summed E-state index contributed by atoms with van der Waals surface area (Å²) in [6.45, 7) is 1.73. The van der Waals surface area contributed by atoms with E-state index in [4.69, 9.17) is 4.74 Å². The number of hydrogen-bond donors (Lipinski definition) is 2. The van der Waals surface area contributed by atoms with Gasteiger partial charge in [-0.15, -0.1) is 0 Å².